The van der Waals surface area contributed by atoms with Crippen LogP contribution in [-0.4, -0.2) is 20.1 Å². The van der Waals surface area contributed by atoms with Gasteiger partial charge in [-0.2, -0.15) is 0 Å². The SMILES string of the molecule is C[NH2+]CCCN1c2ccccc2C[NH2+]c2ccccc21.[Cl-].[Cl-]. The number of hydrogen-bond acceptors (Lipinski definition) is 1. The lowest BCUT2D eigenvalue weighted by molar-refractivity contribution is -0.626. The van der Waals surface area contributed by atoms with Crippen LogP contribution in [0.25, 0.3) is 0 Å². The molecule has 120 valence electrons. The Hall–Kier alpha value is -1.26. The van der Waals surface area contributed by atoms with Crippen molar-refractivity contribution in [2.45, 2.75) is 13.0 Å². The number of quaternary nitrogens is 2. The van der Waals surface area contributed by atoms with Gasteiger partial charge in [0.15, 0.2) is 5.69 Å². The molecule has 1 aliphatic rings. The smallest absolute Gasteiger partial charge is 0.153 e. The van der Waals surface area contributed by atoms with Gasteiger partial charge in [-0.15, -0.1) is 0 Å². The fraction of sp³-hybridized carbons (Fsp3) is 0.294. The molecule has 0 fully saturated rings. The number of fused-ring (bicyclic) bond motifs is 2. The largest absolute Gasteiger partial charge is 1.00 e. The topological polar surface area (TPSA) is 36.5 Å². The Morgan fingerprint density at radius 1 is 1.00 bits per heavy atom. The number of para-hydroxylation sites is 3. The molecule has 22 heavy (non-hydrogen) atoms. The number of anilines is 2. The summed E-state index contributed by atoms with van der Waals surface area (Å²) in [7, 11) is 2.14. The highest BCUT2D eigenvalue weighted by molar-refractivity contribution is 5.74. The molecule has 3 rings (SSSR count). The average Bonchev–Trinajstić information content (AvgIpc) is 2.66. The number of rotatable bonds is 4. The molecule has 2 aromatic carbocycles. The zero-order valence-electron chi connectivity index (χ0n) is 12.8. The van der Waals surface area contributed by atoms with Gasteiger partial charge in [-0.3, -0.25) is 0 Å². The fourth-order valence-electron chi connectivity index (χ4n) is 2.90. The van der Waals surface area contributed by atoms with E-state index in [1.807, 2.05) is 0 Å². The highest BCUT2D eigenvalue weighted by Gasteiger charge is 2.22. The standard InChI is InChI=1S/C17H21N3.2ClH/c1-18-11-6-12-20-16-9-4-2-7-14(16)13-19-15-8-3-5-10-17(15)20;;/h2-5,7-10,18-19H,6,11-13H2,1H3;2*1H. The van der Waals surface area contributed by atoms with Crippen molar-refractivity contribution >= 4 is 17.1 Å². The van der Waals surface area contributed by atoms with Gasteiger partial charge in [-0.1, -0.05) is 30.3 Å². The summed E-state index contributed by atoms with van der Waals surface area (Å²) in [5, 5.41) is 4.60. The lowest BCUT2D eigenvalue weighted by atomic mass is 10.1. The molecule has 5 heteroatoms. The molecule has 4 N–H and O–H groups in total. The van der Waals surface area contributed by atoms with E-state index in [1.165, 1.54) is 35.6 Å². The van der Waals surface area contributed by atoms with Crippen LogP contribution >= 0.6 is 0 Å². The number of nitrogens with zero attached hydrogens (tertiary/aromatic N) is 1. The Kier molecular flexibility index (Phi) is 7.69. The third-order valence-corrected chi connectivity index (χ3v) is 3.93. The number of benzene rings is 2. The van der Waals surface area contributed by atoms with Crippen LogP contribution in [0.2, 0.25) is 0 Å². The summed E-state index contributed by atoms with van der Waals surface area (Å²) in [4.78, 5) is 2.48. The number of nitrogens with two attached hydrogens (primary N) is 2. The van der Waals surface area contributed by atoms with Crippen LogP contribution < -0.4 is 40.3 Å². The first kappa shape index (κ1) is 18.8. The number of hydrogen-bond donors (Lipinski definition) is 2. The van der Waals surface area contributed by atoms with Crippen LogP contribution in [0.15, 0.2) is 48.5 Å². The molecule has 1 heterocycles. The van der Waals surface area contributed by atoms with E-state index in [0.717, 1.165) is 13.1 Å². The van der Waals surface area contributed by atoms with Crippen molar-refractivity contribution in [3.63, 3.8) is 0 Å². The van der Waals surface area contributed by atoms with E-state index >= 15 is 0 Å². The van der Waals surface area contributed by atoms with E-state index in [9.17, 15) is 0 Å². The van der Waals surface area contributed by atoms with E-state index < -0.39 is 0 Å². The van der Waals surface area contributed by atoms with Crippen molar-refractivity contribution in [3.05, 3.63) is 54.1 Å². The third kappa shape index (κ3) is 3.93. The van der Waals surface area contributed by atoms with E-state index in [2.05, 4.69) is 71.1 Å². The molecule has 0 radical (unpaired) electrons. The predicted molar refractivity (Wildman–Crippen MR) is 82.5 cm³/mol. The zero-order chi connectivity index (χ0) is 13.8. The molecule has 2 aromatic rings. The number of halogens is 2. The zero-order valence-corrected chi connectivity index (χ0v) is 14.3. The summed E-state index contributed by atoms with van der Waals surface area (Å²) in [6.07, 6.45) is 1.19. The maximum atomic E-state index is 2.48. The molecule has 3 nitrogen and oxygen atoms in total. The second kappa shape index (κ2) is 9.01. The molecule has 0 bridgehead atoms. The Morgan fingerprint density at radius 3 is 2.45 bits per heavy atom. The van der Waals surface area contributed by atoms with Crippen LogP contribution in [-0.2, 0) is 6.54 Å². The van der Waals surface area contributed by atoms with E-state index in [4.69, 9.17) is 0 Å². The van der Waals surface area contributed by atoms with Crippen LogP contribution in [0.3, 0.4) is 0 Å². The first-order chi connectivity index (χ1) is 9.90. The second-order valence-electron chi connectivity index (χ2n) is 5.30. The van der Waals surface area contributed by atoms with Gasteiger partial charge in [0.05, 0.1) is 19.3 Å². The van der Waals surface area contributed by atoms with Crippen LogP contribution in [0, 0.1) is 0 Å². The Balaban J connectivity index is 0.00000121. The Labute approximate surface area is 144 Å². The molecule has 0 spiro atoms. The molecular formula is C17H23Cl2N3. The highest BCUT2D eigenvalue weighted by atomic mass is 35.5. The molecule has 1 aliphatic heterocycles. The van der Waals surface area contributed by atoms with E-state index in [1.54, 1.807) is 0 Å². The summed E-state index contributed by atoms with van der Waals surface area (Å²) in [5.74, 6) is 0. The minimum atomic E-state index is 0. The molecule has 0 atom stereocenters. The predicted octanol–water partition coefficient (Wildman–Crippen LogP) is -4.88. The first-order valence-corrected chi connectivity index (χ1v) is 7.45. The van der Waals surface area contributed by atoms with Crippen molar-refractivity contribution in [2.24, 2.45) is 0 Å². The molecule has 0 saturated heterocycles. The maximum absolute atomic E-state index is 2.48. The lowest BCUT2D eigenvalue weighted by Gasteiger charge is -2.24. The van der Waals surface area contributed by atoms with Gasteiger partial charge in [0, 0.05) is 24.6 Å². The molecular weight excluding hydrogens is 317 g/mol. The van der Waals surface area contributed by atoms with Crippen LogP contribution in [0.4, 0.5) is 17.1 Å². The molecule has 0 aliphatic carbocycles. The van der Waals surface area contributed by atoms with E-state index in [-0.39, 0.29) is 24.8 Å². The van der Waals surface area contributed by atoms with Gasteiger partial charge >= 0.3 is 0 Å². The van der Waals surface area contributed by atoms with Gasteiger partial charge in [0.25, 0.3) is 0 Å². The third-order valence-electron chi connectivity index (χ3n) is 3.93. The summed E-state index contributed by atoms with van der Waals surface area (Å²) in [6, 6.07) is 17.5. The van der Waals surface area contributed by atoms with Gasteiger partial charge < -0.3 is 40.3 Å². The molecule has 0 amide bonds. The summed E-state index contributed by atoms with van der Waals surface area (Å²) >= 11 is 0. The Morgan fingerprint density at radius 2 is 1.68 bits per heavy atom. The lowest BCUT2D eigenvalue weighted by Crippen LogP contribution is -3.00. The van der Waals surface area contributed by atoms with Crippen molar-refractivity contribution < 1.29 is 35.4 Å². The van der Waals surface area contributed by atoms with Crippen molar-refractivity contribution in [1.29, 1.82) is 0 Å². The quantitative estimate of drug-likeness (QED) is 0.425. The second-order valence-corrected chi connectivity index (χ2v) is 5.30. The van der Waals surface area contributed by atoms with Gasteiger partial charge in [0.1, 0.15) is 12.2 Å². The van der Waals surface area contributed by atoms with Crippen molar-refractivity contribution in [2.75, 3.05) is 25.0 Å². The highest BCUT2D eigenvalue weighted by Crippen LogP contribution is 2.33. The first-order valence-electron chi connectivity index (χ1n) is 7.45. The monoisotopic (exact) mass is 339 g/mol. The Bertz CT molecular complexity index is 542. The minimum Gasteiger partial charge on any atom is -1.00 e. The minimum absolute atomic E-state index is 0. The maximum Gasteiger partial charge on any atom is 0.153 e. The molecule has 0 aromatic heterocycles. The van der Waals surface area contributed by atoms with Crippen LogP contribution in [0.5, 0.6) is 0 Å². The van der Waals surface area contributed by atoms with Crippen molar-refractivity contribution in [3.8, 4) is 0 Å². The van der Waals surface area contributed by atoms with Crippen molar-refractivity contribution in [1.82, 2.24) is 0 Å². The van der Waals surface area contributed by atoms with Crippen LogP contribution in [0.1, 0.15) is 12.0 Å². The molecule has 0 unspecified atom stereocenters. The fourth-order valence-corrected chi connectivity index (χ4v) is 2.90. The summed E-state index contributed by atoms with van der Waals surface area (Å²) in [6.45, 7) is 3.26. The average molecular weight is 340 g/mol. The van der Waals surface area contributed by atoms with Gasteiger partial charge in [-0.25, -0.2) is 0 Å². The summed E-state index contributed by atoms with van der Waals surface area (Å²) in [5.41, 5.74) is 5.48. The van der Waals surface area contributed by atoms with Gasteiger partial charge in [-0.05, 0) is 12.1 Å². The van der Waals surface area contributed by atoms with E-state index in [0.29, 0.717) is 0 Å². The summed E-state index contributed by atoms with van der Waals surface area (Å²) < 4.78 is 0. The van der Waals surface area contributed by atoms with Gasteiger partial charge in [0.2, 0.25) is 0 Å². The normalized spacial score (nSPS) is 12.3. The molecule has 0 saturated carbocycles.